The lowest BCUT2D eigenvalue weighted by atomic mass is 9.64. The molecule has 1 saturated carbocycles. The number of carboxylic acid groups (broad SMARTS) is 1. The van der Waals surface area contributed by atoms with Crippen molar-refractivity contribution in [3.8, 4) is 0 Å². The molecular weight excluding hydrogens is 328 g/mol. The first-order chi connectivity index (χ1) is 12.5. The van der Waals surface area contributed by atoms with Gasteiger partial charge in [0.15, 0.2) is 0 Å². The maximum atomic E-state index is 12.1. The van der Waals surface area contributed by atoms with Crippen molar-refractivity contribution in [1.29, 1.82) is 0 Å². The SMILES string of the molecule is C=CCNC(=O)CCN1C[C@@H]2CC(c3ccccc3)CC[C@]2(C(=O)O)C1. The van der Waals surface area contributed by atoms with E-state index in [0.717, 1.165) is 19.4 Å². The van der Waals surface area contributed by atoms with Crippen LogP contribution in [-0.4, -0.2) is 48.1 Å². The lowest BCUT2D eigenvalue weighted by molar-refractivity contribution is -0.152. The minimum atomic E-state index is -0.673. The van der Waals surface area contributed by atoms with Crippen molar-refractivity contribution in [1.82, 2.24) is 10.2 Å². The van der Waals surface area contributed by atoms with Crippen LogP contribution >= 0.6 is 0 Å². The Hall–Kier alpha value is -2.14. The molecule has 3 atom stereocenters. The third-order valence-corrected chi connectivity index (χ3v) is 6.07. The fourth-order valence-corrected chi connectivity index (χ4v) is 4.64. The number of hydrogen-bond donors (Lipinski definition) is 2. The molecule has 1 aliphatic carbocycles. The number of nitrogens with zero attached hydrogens (tertiary/aromatic N) is 1. The van der Waals surface area contributed by atoms with E-state index < -0.39 is 11.4 Å². The molecule has 2 aliphatic rings. The van der Waals surface area contributed by atoms with Gasteiger partial charge in [-0.15, -0.1) is 6.58 Å². The Bertz CT molecular complexity index is 660. The molecule has 0 aromatic heterocycles. The second kappa shape index (κ2) is 8.04. The van der Waals surface area contributed by atoms with Crippen LogP contribution in [0.3, 0.4) is 0 Å². The van der Waals surface area contributed by atoms with E-state index in [0.29, 0.717) is 38.4 Å². The molecule has 0 spiro atoms. The number of hydrogen-bond acceptors (Lipinski definition) is 3. The number of fused-ring (bicyclic) bond motifs is 1. The second-order valence-electron chi connectivity index (χ2n) is 7.62. The zero-order chi connectivity index (χ0) is 18.6. The molecule has 2 N–H and O–H groups in total. The van der Waals surface area contributed by atoms with E-state index in [9.17, 15) is 14.7 Å². The predicted octanol–water partition coefficient (Wildman–Crippen LogP) is 2.65. The molecule has 26 heavy (non-hydrogen) atoms. The summed E-state index contributed by atoms with van der Waals surface area (Å²) in [5.74, 6) is -0.0985. The molecule has 1 amide bonds. The average Bonchev–Trinajstić information content (AvgIpc) is 3.04. The van der Waals surface area contributed by atoms with E-state index >= 15 is 0 Å². The van der Waals surface area contributed by atoms with Gasteiger partial charge in [-0.25, -0.2) is 0 Å². The van der Waals surface area contributed by atoms with Crippen molar-refractivity contribution in [2.75, 3.05) is 26.2 Å². The third-order valence-electron chi connectivity index (χ3n) is 6.07. The summed E-state index contributed by atoms with van der Waals surface area (Å²) >= 11 is 0. The van der Waals surface area contributed by atoms with E-state index in [4.69, 9.17) is 0 Å². The van der Waals surface area contributed by atoms with Crippen molar-refractivity contribution in [3.05, 3.63) is 48.6 Å². The highest BCUT2D eigenvalue weighted by Gasteiger charge is 2.54. The molecule has 2 fully saturated rings. The summed E-state index contributed by atoms with van der Waals surface area (Å²) in [6.45, 7) is 6.00. The van der Waals surface area contributed by atoms with Gasteiger partial charge >= 0.3 is 5.97 Å². The molecular formula is C21H28N2O3. The smallest absolute Gasteiger partial charge is 0.311 e. The fraction of sp³-hybridized carbons (Fsp3) is 0.524. The number of nitrogens with one attached hydrogen (secondary N) is 1. The number of aliphatic carboxylic acids is 1. The maximum Gasteiger partial charge on any atom is 0.311 e. The Labute approximate surface area is 155 Å². The third kappa shape index (κ3) is 3.83. The molecule has 5 heteroatoms. The topological polar surface area (TPSA) is 69.6 Å². The van der Waals surface area contributed by atoms with Gasteiger partial charge in [-0.1, -0.05) is 36.4 Å². The molecule has 1 aliphatic heterocycles. The Kier molecular flexibility index (Phi) is 5.77. The molecule has 1 aromatic carbocycles. The van der Waals surface area contributed by atoms with Crippen LogP contribution in [0.2, 0.25) is 0 Å². The lowest BCUT2D eigenvalue weighted by Gasteiger charge is -2.38. The van der Waals surface area contributed by atoms with Crippen LogP contribution in [0.1, 0.15) is 37.2 Å². The van der Waals surface area contributed by atoms with Crippen LogP contribution in [0.5, 0.6) is 0 Å². The van der Waals surface area contributed by atoms with Crippen LogP contribution < -0.4 is 5.32 Å². The quantitative estimate of drug-likeness (QED) is 0.737. The van der Waals surface area contributed by atoms with E-state index in [2.05, 4.69) is 41.1 Å². The van der Waals surface area contributed by atoms with E-state index in [1.165, 1.54) is 5.56 Å². The van der Waals surface area contributed by atoms with Gasteiger partial charge in [0.2, 0.25) is 5.91 Å². The van der Waals surface area contributed by atoms with Crippen LogP contribution in [0.25, 0.3) is 0 Å². The summed E-state index contributed by atoms with van der Waals surface area (Å²) in [6.07, 6.45) is 4.60. The van der Waals surface area contributed by atoms with Crippen LogP contribution in [0.15, 0.2) is 43.0 Å². The monoisotopic (exact) mass is 356 g/mol. The van der Waals surface area contributed by atoms with Crippen molar-refractivity contribution in [2.24, 2.45) is 11.3 Å². The molecule has 140 valence electrons. The summed E-state index contributed by atoms with van der Waals surface area (Å²) in [5.41, 5.74) is 0.664. The molecule has 1 unspecified atom stereocenters. The number of amides is 1. The van der Waals surface area contributed by atoms with Gasteiger partial charge in [0, 0.05) is 32.6 Å². The van der Waals surface area contributed by atoms with E-state index in [-0.39, 0.29) is 11.8 Å². The summed E-state index contributed by atoms with van der Waals surface area (Å²) < 4.78 is 0. The minimum absolute atomic E-state index is 0.00805. The summed E-state index contributed by atoms with van der Waals surface area (Å²) in [7, 11) is 0. The molecule has 1 heterocycles. The number of carboxylic acids is 1. The standard InChI is InChI=1S/C21H28N2O3/c1-2-11-22-19(24)9-12-23-14-18-13-17(16-6-4-3-5-7-16)8-10-21(18,15-23)20(25)26/h2-7,17-18H,1,8-15H2,(H,22,24)(H,25,26)/t17?,18-,21-/m0/s1. The normalized spacial score (nSPS) is 28.3. The zero-order valence-electron chi connectivity index (χ0n) is 15.2. The number of carbonyl (C=O) groups excluding carboxylic acids is 1. The highest BCUT2D eigenvalue weighted by molar-refractivity contribution is 5.77. The Morgan fingerprint density at radius 3 is 2.81 bits per heavy atom. The Morgan fingerprint density at radius 1 is 1.35 bits per heavy atom. The summed E-state index contributed by atoms with van der Waals surface area (Å²) in [5, 5.41) is 12.7. The maximum absolute atomic E-state index is 12.1. The first-order valence-corrected chi connectivity index (χ1v) is 9.43. The summed E-state index contributed by atoms with van der Waals surface area (Å²) in [6, 6.07) is 10.4. The molecule has 1 saturated heterocycles. The second-order valence-corrected chi connectivity index (χ2v) is 7.62. The van der Waals surface area contributed by atoms with Gasteiger partial charge in [-0.3, -0.25) is 9.59 Å². The van der Waals surface area contributed by atoms with Crippen molar-refractivity contribution >= 4 is 11.9 Å². The van der Waals surface area contributed by atoms with Crippen LogP contribution in [-0.2, 0) is 9.59 Å². The first-order valence-electron chi connectivity index (χ1n) is 9.43. The molecule has 0 bridgehead atoms. The predicted molar refractivity (Wildman–Crippen MR) is 101 cm³/mol. The zero-order valence-corrected chi connectivity index (χ0v) is 15.2. The van der Waals surface area contributed by atoms with Gasteiger partial charge < -0.3 is 15.3 Å². The van der Waals surface area contributed by atoms with E-state index in [1.807, 2.05) is 6.07 Å². The number of carbonyl (C=O) groups is 2. The van der Waals surface area contributed by atoms with Gasteiger partial charge in [0.25, 0.3) is 0 Å². The number of likely N-dealkylation sites (tertiary alicyclic amines) is 1. The molecule has 0 radical (unpaired) electrons. The minimum Gasteiger partial charge on any atom is -0.481 e. The largest absolute Gasteiger partial charge is 0.481 e. The molecule has 5 nitrogen and oxygen atoms in total. The van der Waals surface area contributed by atoms with Gasteiger partial charge in [0.05, 0.1) is 5.41 Å². The Morgan fingerprint density at radius 2 is 2.12 bits per heavy atom. The lowest BCUT2D eigenvalue weighted by Crippen LogP contribution is -2.42. The van der Waals surface area contributed by atoms with E-state index in [1.54, 1.807) is 6.08 Å². The number of rotatable bonds is 7. The van der Waals surface area contributed by atoms with Crippen molar-refractivity contribution in [3.63, 3.8) is 0 Å². The molecule has 3 rings (SSSR count). The van der Waals surface area contributed by atoms with Crippen molar-refractivity contribution in [2.45, 2.75) is 31.6 Å². The summed E-state index contributed by atoms with van der Waals surface area (Å²) in [4.78, 5) is 26.1. The van der Waals surface area contributed by atoms with Gasteiger partial charge in [-0.2, -0.15) is 0 Å². The van der Waals surface area contributed by atoms with Crippen LogP contribution in [0, 0.1) is 11.3 Å². The average molecular weight is 356 g/mol. The van der Waals surface area contributed by atoms with Crippen LogP contribution in [0.4, 0.5) is 0 Å². The highest BCUT2D eigenvalue weighted by atomic mass is 16.4. The van der Waals surface area contributed by atoms with Crippen molar-refractivity contribution < 1.29 is 14.7 Å². The molecule has 1 aromatic rings. The van der Waals surface area contributed by atoms with Gasteiger partial charge in [-0.05, 0) is 36.7 Å². The first kappa shape index (κ1) is 18.6. The fourth-order valence-electron chi connectivity index (χ4n) is 4.64. The number of benzene rings is 1. The Balaban J connectivity index is 1.64. The van der Waals surface area contributed by atoms with Gasteiger partial charge in [0.1, 0.15) is 0 Å². The highest BCUT2D eigenvalue weighted by Crippen LogP contribution is 2.51.